The van der Waals surface area contributed by atoms with Gasteiger partial charge in [0.1, 0.15) is 5.82 Å². The van der Waals surface area contributed by atoms with Crippen LogP contribution in [0.5, 0.6) is 0 Å². The molecule has 1 aliphatic heterocycles. The highest BCUT2D eigenvalue weighted by molar-refractivity contribution is 5.74. The van der Waals surface area contributed by atoms with Crippen LogP contribution >= 0.6 is 0 Å². The molecule has 2 heterocycles. The van der Waals surface area contributed by atoms with Gasteiger partial charge in [-0.1, -0.05) is 29.8 Å². The molecular weight excluding hydrogens is 312 g/mol. The molecule has 5 heteroatoms. The molecule has 1 saturated heterocycles. The van der Waals surface area contributed by atoms with E-state index in [1.54, 1.807) is 0 Å². The maximum absolute atomic E-state index is 12.5. The van der Waals surface area contributed by atoms with Gasteiger partial charge in [-0.15, -0.1) is 0 Å². The van der Waals surface area contributed by atoms with Crippen molar-refractivity contribution in [2.24, 2.45) is 0 Å². The smallest absolute Gasteiger partial charge is 0.317 e. The first-order chi connectivity index (χ1) is 12.1. The van der Waals surface area contributed by atoms with Crippen molar-refractivity contribution in [2.45, 2.75) is 51.6 Å². The third kappa shape index (κ3) is 3.41. The van der Waals surface area contributed by atoms with Gasteiger partial charge >= 0.3 is 6.03 Å². The van der Waals surface area contributed by atoms with E-state index in [0.29, 0.717) is 18.5 Å². The summed E-state index contributed by atoms with van der Waals surface area (Å²) in [5, 5.41) is 3.05. The monoisotopic (exact) mass is 338 g/mol. The minimum Gasteiger partial charge on any atom is -0.334 e. The first-order valence-corrected chi connectivity index (χ1v) is 9.24. The van der Waals surface area contributed by atoms with E-state index in [-0.39, 0.29) is 6.03 Å². The van der Waals surface area contributed by atoms with Crippen molar-refractivity contribution in [3.63, 3.8) is 0 Å². The lowest BCUT2D eigenvalue weighted by Gasteiger charge is -2.20. The van der Waals surface area contributed by atoms with Crippen molar-refractivity contribution in [3.05, 3.63) is 53.1 Å². The maximum Gasteiger partial charge on any atom is 0.317 e. The van der Waals surface area contributed by atoms with Crippen molar-refractivity contribution in [1.29, 1.82) is 0 Å². The van der Waals surface area contributed by atoms with Gasteiger partial charge in [-0.3, -0.25) is 0 Å². The molecular formula is C20H26N4O. The van der Waals surface area contributed by atoms with Crippen LogP contribution in [-0.4, -0.2) is 33.6 Å². The van der Waals surface area contributed by atoms with E-state index in [1.807, 2.05) is 11.1 Å². The summed E-state index contributed by atoms with van der Waals surface area (Å²) in [5.74, 6) is 1.86. The van der Waals surface area contributed by atoms with Gasteiger partial charge in [-0.25, -0.2) is 9.78 Å². The van der Waals surface area contributed by atoms with Gasteiger partial charge in [-0.2, -0.15) is 0 Å². The first kappa shape index (κ1) is 16.2. The number of urea groups is 1. The van der Waals surface area contributed by atoms with Crippen LogP contribution in [0, 0.1) is 13.8 Å². The van der Waals surface area contributed by atoms with E-state index in [4.69, 9.17) is 0 Å². The minimum atomic E-state index is 0.0359. The van der Waals surface area contributed by atoms with E-state index >= 15 is 0 Å². The molecule has 1 unspecified atom stereocenters. The molecule has 0 spiro atoms. The second kappa shape index (κ2) is 6.54. The highest BCUT2D eigenvalue weighted by Gasteiger charge is 2.34. The molecule has 25 heavy (non-hydrogen) atoms. The van der Waals surface area contributed by atoms with Crippen LogP contribution in [0.2, 0.25) is 0 Å². The summed E-state index contributed by atoms with van der Waals surface area (Å²) in [7, 11) is 0. The lowest BCUT2D eigenvalue weighted by atomic mass is 10.1. The zero-order valence-electron chi connectivity index (χ0n) is 15.0. The van der Waals surface area contributed by atoms with Crippen LogP contribution in [0.4, 0.5) is 4.79 Å². The Kier molecular flexibility index (Phi) is 4.24. The van der Waals surface area contributed by atoms with Crippen LogP contribution in [0.1, 0.15) is 53.9 Å². The average molecular weight is 338 g/mol. The third-order valence-corrected chi connectivity index (χ3v) is 5.33. The molecule has 1 aromatic carbocycles. The van der Waals surface area contributed by atoms with Crippen molar-refractivity contribution in [3.8, 4) is 0 Å². The van der Waals surface area contributed by atoms with Crippen molar-refractivity contribution in [2.75, 3.05) is 13.1 Å². The quantitative estimate of drug-likeness (QED) is 0.927. The molecule has 0 bridgehead atoms. The highest BCUT2D eigenvalue weighted by Crippen LogP contribution is 2.41. The Balaban J connectivity index is 1.36. The SMILES string of the molecule is Cc1ccc(CNC(=O)N2CCC(n3c(C)cnc3C3CC3)C2)cc1. The lowest BCUT2D eigenvalue weighted by molar-refractivity contribution is 0.206. The van der Waals surface area contributed by atoms with Crippen LogP contribution in [0.15, 0.2) is 30.5 Å². The third-order valence-electron chi connectivity index (χ3n) is 5.33. The number of hydrogen-bond donors (Lipinski definition) is 1. The Bertz CT molecular complexity index is 761. The van der Waals surface area contributed by atoms with Crippen LogP contribution < -0.4 is 5.32 Å². The van der Waals surface area contributed by atoms with E-state index in [2.05, 4.69) is 53.0 Å². The normalized spacial score (nSPS) is 20.1. The fraction of sp³-hybridized carbons (Fsp3) is 0.500. The molecule has 5 nitrogen and oxygen atoms in total. The molecule has 4 rings (SSSR count). The summed E-state index contributed by atoms with van der Waals surface area (Å²) in [4.78, 5) is 19.1. The van der Waals surface area contributed by atoms with Gasteiger partial charge in [0.2, 0.25) is 0 Å². The maximum atomic E-state index is 12.5. The fourth-order valence-electron chi connectivity index (χ4n) is 3.72. The van der Waals surface area contributed by atoms with Gasteiger partial charge in [0.15, 0.2) is 0 Å². The van der Waals surface area contributed by atoms with Crippen LogP contribution in [0.25, 0.3) is 0 Å². The van der Waals surface area contributed by atoms with Crippen molar-refractivity contribution < 1.29 is 4.79 Å². The average Bonchev–Trinajstić information content (AvgIpc) is 3.21. The summed E-state index contributed by atoms with van der Waals surface area (Å²) >= 11 is 0. The number of likely N-dealkylation sites (tertiary alicyclic amines) is 1. The Morgan fingerprint density at radius 2 is 1.96 bits per heavy atom. The lowest BCUT2D eigenvalue weighted by Crippen LogP contribution is -2.38. The van der Waals surface area contributed by atoms with Gasteiger partial charge in [0, 0.05) is 37.4 Å². The van der Waals surface area contributed by atoms with Gasteiger partial charge < -0.3 is 14.8 Å². The number of nitrogens with one attached hydrogen (secondary N) is 1. The second-order valence-electron chi connectivity index (χ2n) is 7.43. The molecule has 1 N–H and O–H groups in total. The summed E-state index contributed by atoms with van der Waals surface area (Å²) in [5.41, 5.74) is 3.59. The van der Waals surface area contributed by atoms with Gasteiger partial charge in [-0.05, 0) is 38.7 Å². The molecule has 1 saturated carbocycles. The van der Waals surface area contributed by atoms with Crippen molar-refractivity contribution >= 4 is 6.03 Å². The molecule has 1 aliphatic carbocycles. The predicted octanol–water partition coefficient (Wildman–Crippen LogP) is 3.53. The van der Waals surface area contributed by atoms with Crippen LogP contribution in [0.3, 0.4) is 0 Å². The summed E-state index contributed by atoms with van der Waals surface area (Å²) in [6, 6.07) is 8.69. The Morgan fingerprint density at radius 3 is 2.68 bits per heavy atom. The molecule has 2 aliphatic rings. The summed E-state index contributed by atoms with van der Waals surface area (Å²) in [6.45, 7) is 6.36. The highest BCUT2D eigenvalue weighted by atomic mass is 16.2. The second-order valence-corrected chi connectivity index (χ2v) is 7.43. The number of imidazole rings is 1. The standard InChI is InChI=1S/C20H26N4O/c1-14-3-5-16(6-4-14)12-22-20(25)23-10-9-18(13-23)24-15(2)11-21-19(24)17-7-8-17/h3-6,11,17-18H,7-10,12-13H2,1-2H3,(H,22,25). The Hall–Kier alpha value is -2.30. The number of nitrogens with zero attached hydrogens (tertiary/aromatic N) is 3. The van der Waals surface area contributed by atoms with Crippen LogP contribution in [-0.2, 0) is 6.54 Å². The number of aryl methyl sites for hydroxylation is 2. The topological polar surface area (TPSA) is 50.2 Å². The number of hydrogen-bond acceptors (Lipinski definition) is 2. The predicted molar refractivity (Wildman–Crippen MR) is 97.6 cm³/mol. The molecule has 0 radical (unpaired) electrons. The molecule has 1 aromatic heterocycles. The summed E-state index contributed by atoms with van der Waals surface area (Å²) in [6.07, 6.45) is 5.50. The first-order valence-electron chi connectivity index (χ1n) is 9.24. The zero-order valence-corrected chi connectivity index (χ0v) is 15.0. The molecule has 2 amide bonds. The number of rotatable bonds is 4. The van der Waals surface area contributed by atoms with E-state index < -0.39 is 0 Å². The molecule has 132 valence electrons. The summed E-state index contributed by atoms with van der Waals surface area (Å²) < 4.78 is 2.38. The van der Waals surface area contributed by atoms with Gasteiger partial charge in [0.05, 0.1) is 6.04 Å². The largest absolute Gasteiger partial charge is 0.334 e. The van der Waals surface area contributed by atoms with Crippen molar-refractivity contribution in [1.82, 2.24) is 19.8 Å². The fourth-order valence-corrected chi connectivity index (χ4v) is 3.72. The zero-order chi connectivity index (χ0) is 17.4. The Morgan fingerprint density at radius 1 is 1.20 bits per heavy atom. The number of amides is 2. The van der Waals surface area contributed by atoms with Gasteiger partial charge in [0.25, 0.3) is 0 Å². The number of benzene rings is 1. The number of carbonyl (C=O) groups excluding carboxylic acids is 1. The van der Waals surface area contributed by atoms with E-state index in [9.17, 15) is 4.79 Å². The molecule has 1 atom stereocenters. The minimum absolute atomic E-state index is 0.0359. The van der Waals surface area contributed by atoms with E-state index in [0.717, 1.165) is 25.1 Å². The number of aromatic nitrogens is 2. The molecule has 2 aromatic rings. The van der Waals surface area contributed by atoms with E-state index in [1.165, 1.54) is 29.9 Å². The molecule has 2 fully saturated rings. The Labute approximate surface area is 149 Å². The number of carbonyl (C=O) groups is 1.